The Labute approximate surface area is 225 Å². The Bertz CT molecular complexity index is 1310. The zero-order valence-corrected chi connectivity index (χ0v) is 22.3. The number of methoxy groups -OCH3 is 1. The number of hydrogen-bond acceptors (Lipinski definition) is 8. The number of aryl methyl sites for hydroxylation is 2. The molecule has 0 bridgehead atoms. The highest BCUT2D eigenvalue weighted by molar-refractivity contribution is 7.09. The highest BCUT2D eigenvalue weighted by atomic mass is 32.1. The summed E-state index contributed by atoms with van der Waals surface area (Å²) in [6.45, 7) is 4.79. The number of amides is 3. The normalized spacial score (nSPS) is 15.6. The van der Waals surface area contributed by atoms with Gasteiger partial charge in [0.25, 0.3) is 11.8 Å². The number of carbonyl (C=O) groups is 3. The lowest BCUT2D eigenvalue weighted by Crippen LogP contribution is -2.45. The van der Waals surface area contributed by atoms with Crippen LogP contribution in [-0.4, -0.2) is 48.5 Å². The van der Waals surface area contributed by atoms with Crippen molar-refractivity contribution in [3.05, 3.63) is 69.7 Å². The van der Waals surface area contributed by atoms with Crippen LogP contribution in [0.5, 0.6) is 5.75 Å². The Morgan fingerprint density at radius 3 is 2.42 bits per heavy atom. The number of benzene rings is 2. The predicted octanol–water partition coefficient (Wildman–Crippen LogP) is 3.13. The molecule has 0 spiro atoms. The minimum Gasteiger partial charge on any atom is -0.497 e. The van der Waals surface area contributed by atoms with Crippen molar-refractivity contribution in [3.8, 4) is 5.75 Å². The van der Waals surface area contributed by atoms with E-state index < -0.39 is 23.8 Å². The van der Waals surface area contributed by atoms with Gasteiger partial charge in [-0.1, -0.05) is 18.2 Å². The second-order valence-electron chi connectivity index (χ2n) is 9.22. The van der Waals surface area contributed by atoms with Gasteiger partial charge in [0.2, 0.25) is 5.91 Å². The summed E-state index contributed by atoms with van der Waals surface area (Å²) in [6.07, 6.45) is 1.69. The number of nitrogens with one attached hydrogen (secondary N) is 1. The number of primary amides is 1. The first-order valence-corrected chi connectivity index (χ1v) is 13.0. The maximum Gasteiger partial charge on any atom is 0.273 e. The average molecular weight is 538 g/mol. The van der Waals surface area contributed by atoms with Crippen LogP contribution in [0.25, 0.3) is 0 Å². The molecule has 4 rings (SSSR count). The molecule has 1 fully saturated rings. The van der Waals surface area contributed by atoms with Crippen molar-refractivity contribution in [2.45, 2.75) is 38.8 Å². The minimum absolute atomic E-state index is 0.0170. The first-order valence-electron chi connectivity index (χ1n) is 12.2. The largest absolute Gasteiger partial charge is 0.497 e. The molecule has 1 aromatic heterocycles. The van der Waals surface area contributed by atoms with Crippen LogP contribution >= 0.6 is 11.5 Å². The van der Waals surface area contributed by atoms with Crippen molar-refractivity contribution in [1.82, 2.24) is 9.69 Å². The molecule has 38 heavy (non-hydrogen) atoms. The topological polar surface area (TPSA) is 150 Å². The van der Waals surface area contributed by atoms with E-state index >= 15 is 0 Å². The van der Waals surface area contributed by atoms with E-state index in [9.17, 15) is 14.4 Å². The molecule has 2 aromatic carbocycles. The third kappa shape index (κ3) is 5.79. The van der Waals surface area contributed by atoms with Gasteiger partial charge in [0, 0.05) is 18.8 Å². The van der Waals surface area contributed by atoms with Crippen LogP contribution in [0, 0.1) is 13.8 Å². The van der Waals surface area contributed by atoms with Crippen molar-refractivity contribution < 1.29 is 23.9 Å². The summed E-state index contributed by atoms with van der Waals surface area (Å²) in [5.74, 6) is -1.20. The number of nitrogens with two attached hydrogens (primary N) is 2. The van der Waals surface area contributed by atoms with E-state index in [1.54, 1.807) is 31.4 Å². The summed E-state index contributed by atoms with van der Waals surface area (Å²) in [7, 11) is 1.55. The Hall–Kier alpha value is -3.96. The number of nitrogens with zero attached hydrogens (tertiary/aromatic N) is 2. The van der Waals surface area contributed by atoms with Crippen molar-refractivity contribution in [2.75, 3.05) is 30.9 Å². The fourth-order valence-corrected chi connectivity index (χ4v) is 5.27. The van der Waals surface area contributed by atoms with Crippen LogP contribution in [0.15, 0.2) is 42.5 Å². The molecule has 3 aromatic rings. The monoisotopic (exact) mass is 537 g/mol. The maximum atomic E-state index is 14.2. The zero-order valence-electron chi connectivity index (χ0n) is 21.5. The third-order valence-electron chi connectivity index (χ3n) is 6.33. The lowest BCUT2D eigenvalue weighted by molar-refractivity contribution is -0.123. The lowest BCUT2D eigenvalue weighted by Gasteiger charge is -2.32. The van der Waals surface area contributed by atoms with Gasteiger partial charge < -0.3 is 26.3 Å². The van der Waals surface area contributed by atoms with Gasteiger partial charge in [-0.15, -0.1) is 0 Å². The molecule has 5 N–H and O–H groups in total. The molecule has 10 nitrogen and oxygen atoms in total. The molecule has 2 atom stereocenters. The van der Waals surface area contributed by atoms with Crippen LogP contribution in [0.2, 0.25) is 0 Å². The Morgan fingerprint density at radius 2 is 1.87 bits per heavy atom. The summed E-state index contributed by atoms with van der Waals surface area (Å²) in [5.41, 5.74) is 14.1. The number of anilines is 2. The van der Waals surface area contributed by atoms with Gasteiger partial charge in [-0.2, -0.15) is 4.37 Å². The Kier molecular flexibility index (Phi) is 8.28. The van der Waals surface area contributed by atoms with Crippen LogP contribution in [0.1, 0.15) is 55.7 Å². The van der Waals surface area contributed by atoms with Crippen LogP contribution in [0.4, 0.5) is 11.4 Å². The quantitative estimate of drug-likeness (QED) is 0.379. The van der Waals surface area contributed by atoms with Gasteiger partial charge in [-0.05, 0) is 79.2 Å². The molecule has 0 aliphatic carbocycles. The molecule has 1 aliphatic rings. The summed E-state index contributed by atoms with van der Waals surface area (Å²) in [6, 6.07) is 11.5. The number of rotatable bonds is 9. The number of aromatic nitrogens is 1. The first kappa shape index (κ1) is 27.1. The molecule has 1 aliphatic heterocycles. The van der Waals surface area contributed by atoms with Crippen molar-refractivity contribution in [2.24, 2.45) is 5.73 Å². The Morgan fingerprint density at radius 1 is 1.18 bits per heavy atom. The fraction of sp³-hybridized carbons (Fsp3) is 0.333. The molecule has 0 unspecified atom stereocenters. The van der Waals surface area contributed by atoms with E-state index in [4.69, 9.17) is 20.9 Å². The molecular formula is C27H31N5O5S. The lowest BCUT2D eigenvalue weighted by atomic mass is 10.0. The van der Waals surface area contributed by atoms with Crippen molar-refractivity contribution >= 4 is 40.6 Å². The van der Waals surface area contributed by atoms with Gasteiger partial charge in [-0.25, -0.2) is 0 Å². The standard InChI is InChI=1S/C27H31N5O5S/c1-15-11-16(2)13-18(12-15)32(27(35)24-21(28)22(25(29)33)31-38-24)23(17-6-8-19(36-3)9-7-17)26(34)30-14-20-5-4-10-37-20/h6-9,11-13,20,23H,4-5,10,14,28H2,1-3H3,(H2,29,33)(H,30,34)/t20-,23-/m1/s1. The number of nitrogen functional groups attached to an aromatic ring is 1. The van der Waals surface area contributed by atoms with Crippen molar-refractivity contribution in [3.63, 3.8) is 0 Å². The van der Waals surface area contributed by atoms with E-state index in [-0.39, 0.29) is 22.4 Å². The molecule has 11 heteroatoms. The van der Waals surface area contributed by atoms with Gasteiger partial charge in [0.1, 0.15) is 16.7 Å². The van der Waals surface area contributed by atoms with E-state index in [0.29, 0.717) is 30.2 Å². The maximum absolute atomic E-state index is 14.2. The number of hydrogen-bond donors (Lipinski definition) is 3. The van der Waals surface area contributed by atoms with E-state index in [1.165, 1.54) is 4.90 Å². The SMILES string of the molecule is COc1ccc([C@H](C(=O)NC[C@H]2CCCO2)N(C(=O)c2snc(C(N)=O)c2N)c2cc(C)cc(C)c2)cc1. The van der Waals surface area contributed by atoms with Crippen LogP contribution < -0.4 is 26.4 Å². The first-order chi connectivity index (χ1) is 18.2. The molecule has 1 saturated heterocycles. The van der Waals surface area contributed by atoms with Crippen LogP contribution in [-0.2, 0) is 9.53 Å². The Balaban J connectivity index is 1.84. The number of ether oxygens (including phenoxy) is 2. The molecular weight excluding hydrogens is 506 g/mol. The smallest absolute Gasteiger partial charge is 0.273 e. The molecule has 200 valence electrons. The molecule has 3 amide bonds. The van der Waals surface area contributed by atoms with E-state index in [1.807, 2.05) is 32.0 Å². The second kappa shape index (κ2) is 11.6. The summed E-state index contributed by atoms with van der Waals surface area (Å²) >= 11 is 0.769. The van der Waals surface area contributed by atoms with E-state index in [2.05, 4.69) is 9.69 Å². The van der Waals surface area contributed by atoms with Crippen LogP contribution in [0.3, 0.4) is 0 Å². The van der Waals surface area contributed by atoms with E-state index in [0.717, 1.165) is 35.5 Å². The zero-order chi connectivity index (χ0) is 27.4. The highest BCUT2D eigenvalue weighted by Gasteiger charge is 2.36. The predicted molar refractivity (Wildman–Crippen MR) is 145 cm³/mol. The highest BCUT2D eigenvalue weighted by Crippen LogP contribution is 2.34. The van der Waals surface area contributed by atoms with Gasteiger partial charge in [0.05, 0.1) is 18.9 Å². The fourth-order valence-electron chi connectivity index (χ4n) is 4.53. The van der Waals surface area contributed by atoms with Crippen molar-refractivity contribution in [1.29, 1.82) is 0 Å². The van der Waals surface area contributed by atoms with Gasteiger partial charge in [-0.3, -0.25) is 19.3 Å². The summed E-state index contributed by atoms with van der Waals surface area (Å²) < 4.78 is 15.0. The summed E-state index contributed by atoms with van der Waals surface area (Å²) in [4.78, 5) is 41.2. The molecule has 0 radical (unpaired) electrons. The summed E-state index contributed by atoms with van der Waals surface area (Å²) in [5, 5.41) is 2.97. The average Bonchev–Trinajstić information content (AvgIpc) is 3.54. The molecule has 0 saturated carbocycles. The molecule has 2 heterocycles. The number of carbonyl (C=O) groups excluding carboxylic acids is 3. The van der Waals surface area contributed by atoms with Gasteiger partial charge >= 0.3 is 0 Å². The third-order valence-corrected chi connectivity index (χ3v) is 7.18. The minimum atomic E-state index is -1.07. The van der Waals surface area contributed by atoms with Gasteiger partial charge in [0.15, 0.2) is 5.69 Å². The second-order valence-corrected chi connectivity index (χ2v) is 9.99.